The minimum atomic E-state index is -2.32. The van der Waals surface area contributed by atoms with Gasteiger partial charge in [-0.05, 0) is 43.3 Å². The number of aryl methyl sites for hydroxylation is 1. The van der Waals surface area contributed by atoms with Gasteiger partial charge in [0.2, 0.25) is 5.82 Å². The number of anilines is 1. The minimum absolute atomic E-state index is 0.105. The SMILES string of the molecule is [2H]C([2H])([2H])c1ccc(-c2nnc3ccc(-c4cccc(N)c4)nn23)o1. The second-order valence-electron chi connectivity index (χ2n) is 4.80. The van der Waals surface area contributed by atoms with Gasteiger partial charge in [-0.15, -0.1) is 10.2 Å². The summed E-state index contributed by atoms with van der Waals surface area (Å²) in [4.78, 5) is 0. The highest BCUT2D eigenvalue weighted by atomic mass is 16.3. The summed E-state index contributed by atoms with van der Waals surface area (Å²) < 4.78 is 29.2. The summed E-state index contributed by atoms with van der Waals surface area (Å²) in [5.74, 6) is 0.512. The number of aromatic nitrogens is 4. The molecule has 0 unspecified atom stereocenters. The predicted molar refractivity (Wildman–Crippen MR) is 83.1 cm³/mol. The van der Waals surface area contributed by atoms with E-state index in [9.17, 15) is 0 Å². The Morgan fingerprint density at radius 1 is 1.14 bits per heavy atom. The van der Waals surface area contributed by atoms with Crippen molar-refractivity contribution in [3.05, 3.63) is 54.3 Å². The average Bonchev–Trinajstić information content (AvgIpc) is 3.20. The van der Waals surface area contributed by atoms with Crippen molar-refractivity contribution < 1.29 is 8.53 Å². The van der Waals surface area contributed by atoms with Crippen LogP contribution in [-0.2, 0) is 0 Å². The van der Waals surface area contributed by atoms with Crippen molar-refractivity contribution in [2.24, 2.45) is 0 Å². The average molecular weight is 294 g/mol. The third kappa shape index (κ3) is 2.01. The molecule has 0 aliphatic carbocycles. The Morgan fingerprint density at radius 3 is 2.91 bits per heavy atom. The van der Waals surface area contributed by atoms with Crippen LogP contribution in [-0.4, -0.2) is 19.8 Å². The molecule has 4 aromatic rings. The fourth-order valence-electron chi connectivity index (χ4n) is 2.25. The first-order valence-corrected chi connectivity index (χ1v) is 6.61. The summed E-state index contributed by atoms with van der Waals surface area (Å²) in [5.41, 5.74) is 8.52. The summed E-state index contributed by atoms with van der Waals surface area (Å²) in [7, 11) is 0. The van der Waals surface area contributed by atoms with Crippen LogP contribution in [0.15, 0.2) is 52.9 Å². The number of furan rings is 1. The predicted octanol–water partition coefficient (Wildman–Crippen LogP) is 2.94. The van der Waals surface area contributed by atoms with Crippen molar-refractivity contribution in [2.45, 2.75) is 6.85 Å². The fraction of sp³-hybridized carbons (Fsp3) is 0.0625. The Balaban J connectivity index is 1.83. The molecule has 1 aromatic carbocycles. The molecule has 3 heterocycles. The van der Waals surface area contributed by atoms with Gasteiger partial charge in [0, 0.05) is 15.4 Å². The molecule has 0 fully saturated rings. The lowest BCUT2D eigenvalue weighted by Gasteiger charge is -2.03. The Bertz CT molecular complexity index is 1070. The maximum absolute atomic E-state index is 7.41. The minimum Gasteiger partial charge on any atom is -0.458 e. The highest BCUT2D eigenvalue weighted by Crippen LogP contribution is 2.23. The second kappa shape index (κ2) is 4.70. The van der Waals surface area contributed by atoms with Crippen LogP contribution in [0.3, 0.4) is 0 Å². The third-order valence-corrected chi connectivity index (χ3v) is 3.27. The van der Waals surface area contributed by atoms with E-state index in [2.05, 4.69) is 15.3 Å². The van der Waals surface area contributed by atoms with E-state index >= 15 is 0 Å². The monoisotopic (exact) mass is 294 g/mol. The molecule has 2 N–H and O–H groups in total. The van der Waals surface area contributed by atoms with E-state index in [1.807, 2.05) is 24.3 Å². The summed E-state index contributed by atoms with van der Waals surface area (Å²) in [6, 6.07) is 13.9. The third-order valence-electron chi connectivity index (χ3n) is 3.27. The first-order chi connectivity index (χ1) is 11.9. The van der Waals surface area contributed by atoms with Gasteiger partial charge in [0.1, 0.15) is 5.76 Å². The van der Waals surface area contributed by atoms with Gasteiger partial charge in [0.25, 0.3) is 0 Å². The number of fused-ring (bicyclic) bond motifs is 1. The highest BCUT2D eigenvalue weighted by Gasteiger charge is 2.13. The van der Waals surface area contributed by atoms with Crippen LogP contribution < -0.4 is 5.73 Å². The number of nitrogen functional groups attached to an aromatic ring is 1. The molecule has 0 saturated carbocycles. The molecule has 0 radical (unpaired) electrons. The zero-order valence-electron chi connectivity index (χ0n) is 14.4. The van der Waals surface area contributed by atoms with Crippen molar-refractivity contribution in [3.8, 4) is 22.8 Å². The van der Waals surface area contributed by atoms with E-state index in [-0.39, 0.29) is 11.5 Å². The quantitative estimate of drug-likeness (QED) is 0.575. The zero-order valence-corrected chi connectivity index (χ0v) is 11.4. The van der Waals surface area contributed by atoms with Crippen LogP contribution in [0.1, 0.15) is 9.87 Å². The second-order valence-corrected chi connectivity index (χ2v) is 4.80. The molecule has 0 atom stereocenters. The number of nitrogens with zero attached hydrogens (tertiary/aromatic N) is 4. The number of nitrogens with two attached hydrogens (primary N) is 1. The van der Waals surface area contributed by atoms with Gasteiger partial charge in [-0.3, -0.25) is 0 Å². The maximum atomic E-state index is 7.41. The molecule has 0 bridgehead atoms. The Labute approximate surface area is 130 Å². The van der Waals surface area contributed by atoms with E-state index < -0.39 is 6.85 Å². The topological polar surface area (TPSA) is 82.2 Å². The molecular formula is C16H13N5O. The van der Waals surface area contributed by atoms with Crippen LogP contribution in [0.4, 0.5) is 5.69 Å². The molecule has 0 saturated heterocycles. The normalized spacial score (nSPS) is 13.7. The first kappa shape index (κ1) is 9.73. The van der Waals surface area contributed by atoms with Crippen molar-refractivity contribution in [1.29, 1.82) is 0 Å². The summed E-state index contributed by atoms with van der Waals surface area (Å²) in [6.07, 6.45) is 0. The summed E-state index contributed by atoms with van der Waals surface area (Å²) in [5, 5.41) is 12.6. The van der Waals surface area contributed by atoms with Crippen LogP contribution in [0.5, 0.6) is 0 Å². The molecule has 0 spiro atoms. The van der Waals surface area contributed by atoms with E-state index in [0.717, 1.165) is 5.56 Å². The van der Waals surface area contributed by atoms with Gasteiger partial charge in [0.15, 0.2) is 11.4 Å². The van der Waals surface area contributed by atoms with Crippen LogP contribution in [0, 0.1) is 6.85 Å². The van der Waals surface area contributed by atoms with Gasteiger partial charge in [-0.1, -0.05) is 12.1 Å². The van der Waals surface area contributed by atoms with Crippen molar-refractivity contribution in [3.63, 3.8) is 0 Å². The number of hydrogen-bond donors (Lipinski definition) is 1. The molecular weight excluding hydrogens is 278 g/mol. The molecule has 22 heavy (non-hydrogen) atoms. The first-order valence-electron chi connectivity index (χ1n) is 8.11. The van der Waals surface area contributed by atoms with Gasteiger partial charge >= 0.3 is 0 Å². The molecule has 0 aliphatic rings. The Morgan fingerprint density at radius 2 is 2.09 bits per heavy atom. The van der Waals surface area contributed by atoms with Crippen molar-refractivity contribution >= 4 is 11.3 Å². The number of hydrogen-bond acceptors (Lipinski definition) is 5. The van der Waals surface area contributed by atoms with Crippen molar-refractivity contribution in [1.82, 2.24) is 19.8 Å². The van der Waals surface area contributed by atoms with E-state index in [4.69, 9.17) is 14.3 Å². The van der Waals surface area contributed by atoms with E-state index in [0.29, 0.717) is 22.9 Å². The lowest BCUT2D eigenvalue weighted by Crippen LogP contribution is -1.97. The molecule has 0 aliphatic heterocycles. The Hall–Kier alpha value is -3.15. The molecule has 108 valence electrons. The molecule has 0 amide bonds. The number of rotatable bonds is 2. The van der Waals surface area contributed by atoms with Gasteiger partial charge in [-0.25, -0.2) is 0 Å². The van der Waals surface area contributed by atoms with Crippen molar-refractivity contribution in [2.75, 3.05) is 5.73 Å². The standard InChI is InChI=1S/C16H13N5O/c1-10-5-7-14(22-10)16-19-18-15-8-6-13(20-21(15)16)11-3-2-4-12(17)9-11/h2-9H,17H2,1H3/i1D3. The van der Waals surface area contributed by atoms with Crippen LogP contribution in [0.2, 0.25) is 0 Å². The zero-order chi connectivity index (χ0) is 17.6. The summed E-state index contributed by atoms with van der Waals surface area (Å²) >= 11 is 0. The molecule has 6 nitrogen and oxygen atoms in total. The lowest BCUT2D eigenvalue weighted by molar-refractivity contribution is 0.542. The maximum Gasteiger partial charge on any atom is 0.220 e. The lowest BCUT2D eigenvalue weighted by atomic mass is 10.1. The van der Waals surface area contributed by atoms with Gasteiger partial charge < -0.3 is 10.2 Å². The van der Waals surface area contributed by atoms with Crippen LogP contribution >= 0.6 is 0 Å². The smallest absolute Gasteiger partial charge is 0.220 e. The Kier molecular flexibility index (Phi) is 2.08. The fourth-order valence-corrected chi connectivity index (χ4v) is 2.25. The molecule has 3 aromatic heterocycles. The molecule has 4 rings (SSSR count). The number of benzene rings is 1. The molecule has 6 heteroatoms. The van der Waals surface area contributed by atoms with Crippen LogP contribution in [0.25, 0.3) is 28.5 Å². The van der Waals surface area contributed by atoms with E-state index in [1.54, 1.807) is 18.2 Å². The summed E-state index contributed by atoms with van der Waals surface area (Å²) in [6.45, 7) is -2.32. The van der Waals surface area contributed by atoms with E-state index in [1.165, 1.54) is 10.6 Å². The largest absolute Gasteiger partial charge is 0.458 e. The van der Waals surface area contributed by atoms with Gasteiger partial charge in [0.05, 0.1) is 5.69 Å². The van der Waals surface area contributed by atoms with Gasteiger partial charge in [-0.2, -0.15) is 9.61 Å². The highest BCUT2D eigenvalue weighted by molar-refractivity contribution is 5.65.